The number of carbonyl (C=O) groups is 2. The Labute approximate surface area is 115 Å². The summed E-state index contributed by atoms with van der Waals surface area (Å²) in [6, 6.07) is -0.121. The molecule has 0 bridgehead atoms. The summed E-state index contributed by atoms with van der Waals surface area (Å²) in [7, 11) is 3.18. The van der Waals surface area contributed by atoms with E-state index in [0.717, 1.165) is 19.4 Å². The highest BCUT2D eigenvalue weighted by molar-refractivity contribution is 5.82. The molecule has 1 unspecified atom stereocenters. The number of amides is 1. The van der Waals surface area contributed by atoms with E-state index < -0.39 is 0 Å². The summed E-state index contributed by atoms with van der Waals surface area (Å²) in [5.41, 5.74) is -0.00799. The van der Waals surface area contributed by atoms with Gasteiger partial charge >= 0.3 is 5.97 Å². The summed E-state index contributed by atoms with van der Waals surface area (Å²) >= 11 is 0. The number of hydrogen-bond acceptors (Lipinski definition) is 4. The van der Waals surface area contributed by atoms with Crippen LogP contribution < -0.4 is 5.32 Å². The van der Waals surface area contributed by atoms with Gasteiger partial charge in [0.05, 0.1) is 13.2 Å². The Morgan fingerprint density at radius 3 is 2.68 bits per heavy atom. The average molecular weight is 270 g/mol. The van der Waals surface area contributed by atoms with Gasteiger partial charge in [0, 0.05) is 20.0 Å². The molecule has 0 spiro atoms. The van der Waals surface area contributed by atoms with Crippen LogP contribution >= 0.6 is 0 Å². The van der Waals surface area contributed by atoms with Gasteiger partial charge in [-0.05, 0) is 31.2 Å². The van der Waals surface area contributed by atoms with E-state index in [1.54, 1.807) is 11.9 Å². The van der Waals surface area contributed by atoms with Gasteiger partial charge in [-0.1, -0.05) is 13.8 Å². The Kier molecular flexibility index (Phi) is 5.79. The number of esters is 1. The molecule has 0 radical (unpaired) electrons. The molecule has 110 valence electrons. The molecule has 1 saturated heterocycles. The van der Waals surface area contributed by atoms with Gasteiger partial charge in [0.1, 0.15) is 0 Å². The monoisotopic (exact) mass is 270 g/mol. The number of nitrogens with zero attached hydrogens (tertiary/aromatic N) is 1. The van der Waals surface area contributed by atoms with E-state index in [1.165, 1.54) is 7.11 Å². The Morgan fingerprint density at radius 1 is 1.42 bits per heavy atom. The minimum Gasteiger partial charge on any atom is -0.469 e. The Bertz CT molecular complexity index is 329. The van der Waals surface area contributed by atoms with Crippen molar-refractivity contribution in [3.63, 3.8) is 0 Å². The smallest absolute Gasteiger partial charge is 0.305 e. The maximum atomic E-state index is 12.4. The zero-order valence-corrected chi connectivity index (χ0v) is 12.5. The first-order chi connectivity index (χ1) is 8.88. The molecule has 1 N–H and O–H groups in total. The zero-order chi connectivity index (χ0) is 14.5. The molecular weight excluding hydrogens is 244 g/mol. The Hall–Kier alpha value is -1.10. The third-order valence-electron chi connectivity index (χ3n) is 3.85. The summed E-state index contributed by atoms with van der Waals surface area (Å²) in [6.45, 7) is 5.74. The van der Waals surface area contributed by atoms with Crippen LogP contribution in [0.15, 0.2) is 0 Å². The highest BCUT2D eigenvalue weighted by atomic mass is 16.5. The second kappa shape index (κ2) is 6.89. The van der Waals surface area contributed by atoms with Gasteiger partial charge in [0.2, 0.25) is 5.91 Å². The first kappa shape index (κ1) is 16.0. The fourth-order valence-corrected chi connectivity index (χ4v) is 2.53. The summed E-state index contributed by atoms with van der Waals surface area (Å²) in [4.78, 5) is 25.2. The quantitative estimate of drug-likeness (QED) is 0.762. The summed E-state index contributed by atoms with van der Waals surface area (Å²) in [5.74, 6) is -0.105. The van der Waals surface area contributed by atoms with Gasteiger partial charge in [-0.25, -0.2) is 0 Å². The van der Waals surface area contributed by atoms with Crippen molar-refractivity contribution in [2.45, 2.75) is 45.6 Å². The van der Waals surface area contributed by atoms with Crippen molar-refractivity contribution >= 4 is 11.9 Å². The van der Waals surface area contributed by atoms with Crippen LogP contribution in [-0.4, -0.2) is 50.1 Å². The maximum absolute atomic E-state index is 12.4. The van der Waals surface area contributed by atoms with Crippen molar-refractivity contribution in [2.75, 3.05) is 27.2 Å². The van der Waals surface area contributed by atoms with E-state index in [1.807, 2.05) is 0 Å². The predicted octanol–water partition coefficient (Wildman–Crippen LogP) is 1.18. The van der Waals surface area contributed by atoms with E-state index >= 15 is 0 Å². The zero-order valence-electron chi connectivity index (χ0n) is 12.5. The summed E-state index contributed by atoms with van der Waals surface area (Å²) < 4.78 is 4.59. The minimum absolute atomic E-state index is 0.00799. The fourth-order valence-electron chi connectivity index (χ4n) is 2.53. The lowest BCUT2D eigenvalue weighted by Gasteiger charge is -2.40. The lowest BCUT2D eigenvalue weighted by Crippen LogP contribution is -2.56. The van der Waals surface area contributed by atoms with Crippen LogP contribution in [0.4, 0.5) is 0 Å². The van der Waals surface area contributed by atoms with Crippen LogP contribution in [-0.2, 0) is 14.3 Å². The highest BCUT2D eigenvalue weighted by Gasteiger charge is 2.38. The predicted molar refractivity (Wildman–Crippen MR) is 73.7 cm³/mol. The number of rotatable bonds is 5. The number of ether oxygens (including phenoxy) is 1. The number of nitrogens with one attached hydrogen (secondary N) is 1. The molecule has 5 nitrogen and oxygen atoms in total. The van der Waals surface area contributed by atoms with Gasteiger partial charge < -0.3 is 15.0 Å². The summed E-state index contributed by atoms with van der Waals surface area (Å²) in [5, 5.41) is 3.32. The molecule has 1 heterocycles. The van der Waals surface area contributed by atoms with Crippen LogP contribution in [0.3, 0.4) is 0 Å². The number of hydrogen-bond donors (Lipinski definition) is 1. The van der Waals surface area contributed by atoms with Crippen molar-refractivity contribution < 1.29 is 14.3 Å². The standard InChI is InChI=1S/C14H26N2O3/c1-14(2)8-6-9-15-12(14)13(18)16(3)10-5-7-11(17)19-4/h12,15H,5-10H2,1-4H3. The van der Waals surface area contributed by atoms with Crippen LogP contribution in [0, 0.1) is 5.41 Å². The molecule has 0 saturated carbocycles. The lowest BCUT2D eigenvalue weighted by atomic mass is 9.77. The van der Waals surface area contributed by atoms with Crippen LogP contribution in [0.5, 0.6) is 0 Å². The molecule has 0 aliphatic carbocycles. The number of carbonyl (C=O) groups excluding carboxylic acids is 2. The molecule has 1 aliphatic heterocycles. The largest absolute Gasteiger partial charge is 0.469 e. The van der Waals surface area contributed by atoms with Gasteiger partial charge in [0.15, 0.2) is 0 Å². The molecule has 1 aliphatic rings. The molecule has 1 fully saturated rings. The highest BCUT2D eigenvalue weighted by Crippen LogP contribution is 2.30. The second-order valence-electron chi connectivity index (χ2n) is 5.92. The minimum atomic E-state index is -0.225. The average Bonchev–Trinajstić information content (AvgIpc) is 2.37. The van der Waals surface area contributed by atoms with Crippen molar-refractivity contribution in [1.29, 1.82) is 0 Å². The second-order valence-corrected chi connectivity index (χ2v) is 5.92. The molecule has 5 heteroatoms. The van der Waals surface area contributed by atoms with Crippen molar-refractivity contribution in [1.82, 2.24) is 10.2 Å². The van der Waals surface area contributed by atoms with E-state index in [-0.39, 0.29) is 23.3 Å². The van der Waals surface area contributed by atoms with Gasteiger partial charge in [0.25, 0.3) is 0 Å². The Balaban J connectivity index is 2.45. The molecule has 1 atom stereocenters. The SMILES string of the molecule is COC(=O)CCCN(C)C(=O)C1NCCCC1(C)C. The third-order valence-corrected chi connectivity index (χ3v) is 3.85. The number of methoxy groups -OCH3 is 1. The Morgan fingerprint density at radius 2 is 2.11 bits per heavy atom. The fraction of sp³-hybridized carbons (Fsp3) is 0.857. The summed E-state index contributed by atoms with van der Waals surface area (Å²) in [6.07, 6.45) is 3.17. The van der Waals surface area contributed by atoms with Gasteiger partial charge in [-0.3, -0.25) is 9.59 Å². The molecule has 1 amide bonds. The van der Waals surface area contributed by atoms with Crippen LogP contribution in [0.25, 0.3) is 0 Å². The molecule has 0 aromatic carbocycles. The molecule has 0 aromatic heterocycles. The van der Waals surface area contributed by atoms with Crippen molar-refractivity contribution in [3.05, 3.63) is 0 Å². The van der Waals surface area contributed by atoms with E-state index in [4.69, 9.17) is 0 Å². The molecule has 1 rings (SSSR count). The molecular formula is C14H26N2O3. The van der Waals surface area contributed by atoms with Crippen molar-refractivity contribution in [3.8, 4) is 0 Å². The normalized spacial score (nSPS) is 21.8. The topological polar surface area (TPSA) is 58.6 Å². The van der Waals surface area contributed by atoms with E-state index in [2.05, 4.69) is 23.9 Å². The van der Waals surface area contributed by atoms with Crippen LogP contribution in [0.1, 0.15) is 39.5 Å². The third kappa shape index (κ3) is 4.49. The lowest BCUT2D eigenvalue weighted by molar-refractivity contribution is -0.142. The number of likely N-dealkylation sites (N-methyl/N-ethyl adjacent to an activating group) is 1. The first-order valence-electron chi connectivity index (χ1n) is 6.93. The van der Waals surface area contributed by atoms with Gasteiger partial charge in [-0.15, -0.1) is 0 Å². The molecule has 0 aromatic rings. The first-order valence-corrected chi connectivity index (χ1v) is 6.93. The van der Waals surface area contributed by atoms with Crippen LogP contribution in [0.2, 0.25) is 0 Å². The van der Waals surface area contributed by atoms with E-state index in [0.29, 0.717) is 19.4 Å². The van der Waals surface area contributed by atoms with Gasteiger partial charge in [-0.2, -0.15) is 0 Å². The number of piperidine rings is 1. The maximum Gasteiger partial charge on any atom is 0.305 e. The molecule has 19 heavy (non-hydrogen) atoms. The van der Waals surface area contributed by atoms with E-state index in [9.17, 15) is 9.59 Å². The van der Waals surface area contributed by atoms with Crippen molar-refractivity contribution in [2.24, 2.45) is 5.41 Å².